The lowest BCUT2D eigenvalue weighted by atomic mass is 9.81. The highest BCUT2D eigenvalue weighted by Gasteiger charge is 2.37. The fraction of sp³-hybridized carbons (Fsp3) is 0.0492. The van der Waals surface area contributed by atoms with Crippen molar-refractivity contribution in [2.45, 2.75) is 19.3 Å². The van der Waals surface area contributed by atoms with Gasteiger partial charge in [-0.05, 0) is 108 Å². The van der Waals surface area contributed by atoms with E-state index in [0.29, 0.717) is 0 Å². The molecule has 0 aliphatic heterocycles. The van der Waals surface area contributed by atoms with Crippen molar-refractivity contribution in [2.24, 2.45) is 0 Å². The molecule has 62 heavy (non-hydrogen) atoms. The van der Waals surface area contributed by atoms with Gasteiger partial charge < -0.3 is 4.90 Å². The van der Waals surface area contributed by atoms with E-state index in [-0.39, 0.29) is 5.41 Å². The van der Waals surface area contributed by atoms with Gasteiger partial charge in [0.1, 0.15) is 0 Å². The van der Waals surface area contributed by atoms with Crippen LogP contribution < -0.4 is 4.90 Å². The summed E-state index contributed by atoms with van der Waals surface area (Å²) >= 11 is 0. The lowest BCUT2D eigenvalue weighted by Crippen LogP contribution is -2.16. The topological polar surface area (TPSA) is 3.24 Å². The normalized spacial score (nSPS) is 12.5. The minimum atomic E-state index is -0.139. The van der Waals surface area contributed by atoms with Gasteiger partial charge >= 0.3 is 0 Å². The van der Waals surface area contributed by atoms with Crippen LogP contribution in [-0.2, 0) is 5.41 Å². The van der Waals surface area contributed by atoms with Crippen LogP contribution in [-0.4, -0.2) is 0 Å². The maximum Gasteiger partial charge on any atom is 0.0546 e. The molecule has 294 valence electrons. The zero-order valence-electron chi connectivity index (χ0n) is 35.0. The number of hydrogen-bond donors (Lipinski definition) is 0. The molecule has 0 saturated heterocycles. The summed E-state index contributed by atoms with van der Waals surface area (Å²) in [6, 6.07) is 86.6. The number of nitrogens with zero attached hydrogens (tertiary/aromatic N) is 1. The van der Waals surface area contributed by atoms with Crippen molar-refractivity contribution < 1.29 is 0 Å². The zero-order valence-corrected chi connectivity index (χ0v) is 35.0. The van der Waals surface area contributed by atoms with E-state index in [1.54, 1.807) is 0 Å². The third-order valence-corrected chi connectivity index (χ3v) is 12.9. The summed E-state index contributed by atoms with van der Waals surface area (Å²) in [4.78, 5) is 2.49. The van der Waals surface area contributed by atoms with Gasteiger partial charge in [-0.1, -0.05) is 220 Å². The van der Waals surface area contributed by atoms with Gasteiger partial charge in [0.05, 0.1) is 11.4 Å². The Hall–Kier alpha value is -7.74. The fourth-order valence-electron chi connectivity index (χ4n) is 9.87. The first kappa shape index (κ1) is 37.3. The Balaban J connectivity index is 1.15. The van der Waals surface area contributed by atoms with E-state index in [4.69, 9.17) is 0 Å². The Morgan fingerprint density at radius 3 is 1.40 bits per heavy atom. The van der Waals surface area contributed by atoms with Gasteiger partial charge in [-0.25, -0.2) is 0 Å². The highest BCUT2D eigenvalue weighted by molar-refractivity contribution is 6.12. The molecule has 1 aliphatic rings. The average molecular weight is 792 g/mol. The molecule has 0 unspecified atom stereocenters. The molecule has 0 bridgehead atoms. The molecular weight excluding hydrogens is 747 g/mol. The van der Waals surface area contributed by atoms with Crippen LogP contribution in [0.15, 0.2) is 237 Å². The van der Waals surface area contributed by atoms with Crippen molar-refractivity contribution in [1.29, 1.82) is 0 Å². The van der Waals surface area contributed by atoms with E-state index in [2.05, 4.69) is 255 Å². The maximum atomic E-state index is 2.49. The molecule has 0 fully saturated rings. The van der Waals surface area contributed by atoms with Gasteiger partial charge in [-0.2, -0.15) is 0 Å². The van der Waals surface area contributed by atoms with Crippen molar-refractivity contribution in [3.8, 4) is 66.8 Å². The van der Waals surface area contributed by atoms with Crippen LogP contribution in [0.4, 0.5) is 17.1 Å². The molecule has 1 nitrogen and oxygen atoms in total. The molecule has 0 N–H and O–H groups in total. The Labute approximate surface area is 364 Å². The summed E-state index contributed by atoms with van der Waals surface area (Å²) in [5.41, 5.74) is 20.5. The van der Waals surface area contributed by atoms with Crippen molar-refractivity contribution >= 4 is 27.8 Å². The Bertz CT molecular complexity index is 3220. The molecule has 0 amide bonds. The predicted molar refractivity (Wildman–Crippen MR) is 263 cm³/mol. The number of benzene rings is 10. The van der Waals surface area contributed by atoms with E-state index in [1.807, 2.05) is 0 Å². The summed E-state index contributed by atoms with van der Waals surface area (Å²) in [6.45, 7) is 4.74. The molecule has 10 aromatic rings. The second-order valence-corrected chi connectivity index (χ2v) is 16.8. The van der Waals surface area contributed by atoms with Gasteiger partial charge in [0.2, 0.25) is 0 Å². The number of rotatable bonds is 8. The quantitative estimate of drug-likeness (QED) is 0.148. The Kier molecular flexibility index (Phi) is 9.24. The number of anilines is 3. The van der Waals surface area contributed by atoms with Crippen LogP contribution in [0.5, 0.6) is 0 Å². The van der Waals surface area contributed by atoms with Crippen LogP contribution in [0.2, 0.25) is 0 Å². The Morgan fingerprint density at radius 1 is 0.290 bits per heavy atom. The second-order valence-electron chi connectivity index (χ2n) is 16.8. The van der Waals surface area contributed by atoms with Gasteiger partial charge in [-0.3, -0.25) is 0 Å². The SMILES string of the molecule is CC1(C)c2ccccc2-c2cc(N(c3ccc(-c4cccc5c(-c6ccccc6)ccc(-c6ccccc6)c45)cc3)c3ccccc3-c3ccccc3)c(-c3ccccc3)cc21. The maximum absolute atomic E-state index is 2.49. The Morgan fingerprint density at radius 2 is 0.758 bits per heavy atom. The molecule has 0 atom stereocenters. The van der Waals surface area contributed by atoms with E-state index in [1.165, 1.54) is 88.7 Å². The largest absolute Gasteiger partial charge is 0.309 e. The van der Waals surface area contributed by atoms with E-state index < -0.39 is 0 Å². The van der Waals surface area contributed by atoms with E-state index in [9.17, 15) is 0 Å². The number of para-hydroxylation sites is 1. The van der Waals surface area contributed by atoms with E-state index >= 15 is 0 Å². The van der Waals surface area contributed by atoms with Crippen LogP contribution in [0.1, 0.15) is 25.0 Å². The molecule has 0 aromatic heterocycles. The first-order valence-corrected chi connectivity index (χ1v) is 21.6. The molecule has 10 aromatic carbocycles. The summed E-state index contributed by atoms with van der Waals surface area (Å²) in [5, 5.41) is 2.50. The van der Waals surface area contributed by atoms with Gasteiger partial charge in [-0.15, -0.1) is 0 Å². The van der Waals surface area contributed by atoms with Crippen LogP contribution in [0, 0.1) is 0 Å². The first-order chi connectivity index (χ1) is 30.5. The summed E-state index contributed by atoms with van der Waals surface area (Å²) in [6.07, 6.45) is 0. The number of hydrogen-bond acceptors (Lipinski definition) is 1. The summed E-state index contributed by atoms with van der Waals surface area (Å²) in [7, 11) is 0. The van der Waals surface area contributed by atoms with Crippen LogP contribution >= 0.6 is 0 Å². The molecule has 1 heteroatoms. The molecule has 11 rings (SSSR count). The minimum Gasteiger partial charge on any atom is -0.309 e. The van der Waals surface area contributed by atoms with Gasteiger partial charge in [0.15, 0.2) is 0 Å². The molecular formula is C61H45N. The predicted octanol–water partition coefficient (Wildman–Crippen LogP) is 17.0. The molecule has 0 radical (unpaired) electrons. The van der Waals surface area contributed by atoms with Crippen LogP contribution in [0.3, 0.4) is 0 Å². The second kappa shape index (κ2) is 15.4. The smallest absolute Gasteiger partial charge is 0.0546 e. The minimum absolute atomic E-state index is 0.139. The highest BCUT2D eigenvalue weighted by Crippen LogP contribution is 2.54. The van der Waals surface area contributed by atoms with Gasteiger partial charge in [0.25, 0.3) is 0 Å². The zero-order chi connectivity index (χ0) is 41.6. The lowest BCUT2D eigenvalue weighted by Gasteiger charge is -2.31. The molecule has 1 aliphatic carbocycles. The highest BCUT2D eigenvalue weighted by atomic mass is 15.1. The summed E-state index contributed by atoms with van der Waals surface area (Å²) in [5.74, 6) is 0. The van der Waals surface area contributed by atoms with Crippen LogP contribution in [0.25, 0.3) is 77.5 Å². The van der Waals surface area contributed by atoms with Gasteiger partial charge in [0, 0.05) is 22.2 Å². The monoisotopic (exact) mass is 791 g/mol. The standard InChI is InChI=1S/C61H45N/c1-61(2)56-32-17-15-29-52(56)55-41-59(54(40-57(55)61)45-26-13-6-14-27-45)62(58-33-18-16-28-49(58)43-22-9-4-10-23-43)47-36-34-46(35-37-47)50-30-19-31-53-48(42-20-7-3-8-21-42)38-39-51(60(50)53)44-24-11-5-12-25-44/h3-41H,1-2H3. The number of fused-ring (bicyclic) bond motifs is 4. The van der Waals surface area contributed by atoms with Crippen molar-refractivity contribution in [3.05, 3.63) is 248 Å². The van der Waals surface area contributed by atoms with Crippen molar-refractivity contribution in [2.75, 3.05) is 4.90 Å². The third-order valence-electron chi connectivity index (χ3n) is 12.9. The van der Waals surface area contributed by atoms with E-state index in [0.717, 1.165) is 17.1 Å². The molecule has 0 saturated carbocycles. The lowest BCUT2D eigenvalue weighted by molar-refractivity contribution is 0.660. The van der Waals surface area contributed by atoms with Crippen molar-refractivity contribution in [3.63, 3.8) is 0 Å². The first-order valence-electron chi connectivity index (χ1n) is 21.6. The molecule has 0 spiro atoms. The third kappa shape index (κ3) is 6.33. The summed E-state index contributed by atoms with van der Waals surface area (Å²) < 4.78 is 0. The van der Waals surface area contributed by atoms with Crippen molar-refractivity contribution in [1.82, 2.24) is 0 Å². The molecule has 0 heterocycles. The fourth-order valence-corrected chi connectivity index (χ4v) is 9.87. The average Bonchev–Trinajstić information content (AvgIpc) is 3.57.